The molecule has 1 saturated heterocycles. The molecule has 1 aromatic rings. The van der Waals surface area contributed by atoms with Gasteiger partial charge >= 0.3 is 0 Å². The van der Waals surface area contributed by atoms with Gasteiger partial charge in [0.15, 0.2) is 0 Å². The molecule has 2 unspecified atom stereocenters. The molecule has 0 spiro atoms. The largest absolute Gasteiger partial charge is 0.357 e. The summed E-state index contributed by atoms with van der Waals surface area (Å²) >= 11 is 0. The molecule has 1 aliphatic heterocycles. The van der Waals surface area contributed by atoms with Crippen molar-refractivity contribution in [1.29, 1.82) is 0 Å². The van der Waals surface area contributed by atoms with Crippen molar-refractivity contribution in [3.05, 3.63) is 18.5 Å². The minimum Gasteiger partial charge on any atom is -0.357 e. The van der Waals surface area contributed by atoms with Gasteiger partial charge in [-0.1, -0.05) is 13.8 Å². The molecule has 0 radical (unpaired) electrons. The second-order valence-corrected chi connectivity index (χ2v) is 5.74. The molecule has 22 heavy (non-hydrogen) atoms. The van der Waals surface area contributed by atoms with Crippen molar-refractivity contribution in [3.8, 4) is 0 Å². The SMILES string of the molecule is CNC(=O)C1CCCN1C(=O)C(Nc1ncccn1)C(C)C. The monoisotopic (exact) mass is 305 g/mol. The molecule has 120 valence electrons. The van der Waals surface area contributed by atoms with E-state index in [1.807, 2.05) is 13.8 Å². The Labute approximate surface area is 130 Å². The molecule has 2 atom stereocenters. The molecule has 7 nitrogen and oxygen atoms in total. The number of amides is 2. The third kappa shape index (κ3) is 3.52. The first-order valence-corrected chi connectivity index (χ1v) is 7.60. The second-order valence-electron chi connectivity index (χ2n) is 5.74. The molecule has 0 bridgehead atoms. The highest BCUT2D eigenvalue weighted by Gasteiger charge is 2.37. The molecule has 2 N–H and O–H groups in total. The summed E-state index contributed by atoms with van der Waals surface area (Å²) in [4.78, 5) is 34.7. The van der Waals surface area contributed by atoms with E-state index in [1.54, 1.807) is 30.4 Å². The Bertz CT molecular complexity index is 520. The third-order valence-corrected chi connectivity index (χ3v) is 3.87. The van der Waals surface area contributed by atoms with Crippen molar-refractivity contribution in [3.63, 3.8) is 0 Å². The highest BCUT2D eigenvalue weighted by Crippen LogP contribution is 2.21. The fourth-order valence-corrected chi connectivity index (χ4v) is 2.67. The molecule has 0 aliphatic carbocycles. The van der Waals surface area contributed by atoms with Crippen LogP contribution >= 0.6 is 0 Å². The van der Waals surface area contributed by atoms with Gasteiger partial charge in [0.25, 0.3) is 0 Å². The number of hydrogen-bond donors (Lipinski definition) is 2. The second kappa shape index (κ2) is 7.20. The molecule has 0 aromatic carbocycles. The fraction of sp³-hybridized carbons (Fsp3) is 0.600. The highest BCUT2D eigenvalue weighted by molar-refractivity contribution is 5.91. The first-order chi connectivity index (χ1) is 10.5. The average Bonchev–Trinajstić information content (AvgIpc) is 3.01. The Morgan fingerprint density at radius 3 is 2.59 bits per heavy atom. The maximum absolute atomic E-state index is 12.8. The lowest BCUT2D eigenvalue weighted by Gasteiger charge is -2.30. The van der Waals surface area contributed by atoms with Gasteiger partial charge in [-0.2, -0.15) is 0 Å². The molecular formula is C15H23N5O2. The van der Waals surface area contributed by atoms with Crippen LogP contribution < -0.4 is 10.6 Å². The average molecular weight is 305 g/mol. The Hall–Kier alpha value is -2.18. The number of anilines is 1. The van der Waals surface area contributed by atoms with Crippen LogP contribution in [0.1, 0.15) is 26.7 Å². The first-order valence-electron chi connectivity index (χ1n) is 7.60. The van der Waals surface area contributed by atoms with Crippen LogP contribution in [-0.2, 0) is 9.59 Å². The van der Waals surface area contributed by atoms with Gasteiger partial charge in [-0.25, -0.2) is 9.97 Å². The zero-order valence-corrected chi connectivity index (χ0v) is 13.2. The molecule has 7 heteroatoms. The topological polar surface area (TPSA) is 87.2 Å². The lowest BCUT2D eigenvalue weighted by atomic mass is 10.0. The molecule has 1 fully saturated rings. The maximum Gasteiger partial charge on any atom is 0.246 e. The lowest BCUT2D eigenvalue weighted by molar-refractivity contribution is -0.139. The van der Waals surface area contributed by atoms with Gasteiger partial charge in [0, 0.05) is 26.0 Å². The van der Waals surface area contributed by atoms with Crippen molar-refractivity contribution in [2.24, 2.45) is 5.92 Å². The number of nitrogens with zero attached hydrogens (tertiary/aromatic N) is 3. The maximum atomic E-state index is 12.8. The normalized spacial score (nSPS) is 19.1. The summed E-state index contributed by atoms with van der Waals surface area (Å²) in [5.41, 5.74) is 0. The summed E-state index contributed by atoms with van der Waals surface area (Å²) < 4.78 is 0. The van der Waals surface area contributed by atoms with E-state index in [0.29, 0.717) is 18.9 Å². The number of likely N-dealkylation sites (N-methyl/N-ethyl adjacent to an activating group) is 1. The van der Waals surface area contributed by atoms with Crippen LogP contribution in [0.3, 0.4) is 0 Å². The number of likely N-dealkylation sites (tertiary alicyclic amines) is 1. The molecular weight excluding hydrogens is 282 g/mol. The van der Waals surface area contributed by atoms with Crippen LogP contribution in [0.4, 0.5) is 5.95 Å². The molecule has 0 saturated carbocycles. The number of carbonyl (C=O) groups is 2. The zero-order chi connectivity index (χ0) is 16.1. The van der Waals surface area contributed by atoms with Crippen molar-refractivity contribution >= 4 is 17.8 Å². The number of rotatable bonds is 5. The van der Waals surface area contributed by atoms with Gasteiger partial charge in [-0.3, -0.25) is 9.59 Å². The molecule has 2 rings (SSSR count). The van der Waals surface area contributed by atoms with Gasteiger partial charge in [-0.05, 0) is 24.8 Å². The van der Waals surface area contributed by atoms with E-state index in [-0.39, 0.29) is 23.8 Å². The van der Waals surface area contributed by atoms with Gasteiger partial charge in [0.05, 0.1) is 0 Å². The smallest absolute Gasteiger partial charge is 0.246 e. The Morgan fingerprint density at radius 2 is 2.00 bits per heavy atom. The van der Waals surface area contributed by atoms with Crippen molar-refractivity contribution in [1.82, 2.24) is 20.2 Å². The summed E-state index contributed by atoms with van der Waals surface area (Å²) in [6.07, 6.45) is 4.80. The van der Waals surface area contributed by atoms with E-state index < -0.39 is 6.04 Å². The van der Waals surface area contributed by atoms with Crippen LogP contribution in [-0.4, -0.2) is 52.4 Å². The minimum absolute atomic E-state index is 0.0576. The quantitative estimate of drug-likeness (QED) is 0.834. The number of hydrogen-bond acceptors (Lipinski definition) is 5. The van der Waals surface area contributed by atoms with E-state index in [9.17, 15) is 9.59 Å². The predicted octanol–water partition coefficient (Wildman–Crippen LogP) is 0.650. The fourth-order valence-electron chi connectivity index (χ4n) is 2.67. The zero-order valence-electron chi connectivity index (χ0n) is 13.2. The Balaban J connectivity index is 2.14. The lowest BCUT2D eigenvalue weighted by Crippen LogP contribution is -2.51. The summed E-state index contributed by atoms with van der Waals surface area (Å²) in [7, 11) is 1.60. The van der Waals surface area contributed by atoms with Crippen LogP contribution in [0.25, 0.3) is 0 Å². The van der Waals surface area contributed by atoms with E-state index >= 15 is 0 Å². The van der Waals surface area contributed by atoms with Crippen LogP contribution in [0.15, 0.2) is 18.5 Å². The van der Waals surface area contributed by atoms with Crippen molar-refractivity contribution in [2.45, 2.75) is 38.8 Å². The number of aromatic nitrogens is 2. The van der Waals surface area contributed by atoms with Crippen molar-refractivity contribution in [2.75, 3.05) is 18.9 Å². The van der Waals surface area contributed by atoms with Gasteiger partial charge in [-0.15, -0.1) is 0 Å². The number of nitrogens with one attached hydrogen (secondary N) is 2. The van der Waals surface area contributed by atoms with Gasteiger partial charge < -0.3 is 15.5 Å². The Morgan fingerprint density at radius 1 is 1.32 bits per heavy atom. The van der Waals surface area contributed by atoms with E-state index in [0.717, 1.165) is 6.42 Å². The predicted molar refractivity (Wildman–Crippen MR) is 83.1 cm³/mol. The van der Waals surface area contributed by atoms with Crippen LogP contribution in [0, 0.1) is 5.92 Å². The standard InChI is InChI=1S/C15H23N5O2/c1-10(2)12(19-15-17-7-5-8-18-15)14(22)20-9-4-6-11(20)13(21)16-3/h5,7-8,10-12H,4,6,9H2,1-3H3,(H,16,21)(H,17,18,19). The first kappa shape index (κ1) is 16.2. The third-order valence-electron chi connectivity index (χ3n) is 3.87. The summed E-state index contributed by atoms with van der Waals surface area (Å²) in [5, 5.41) is 5.72. The summed E-state index contributed by atoms with van der Waals surface area (Å²) in [6, 6.07) is 0.893. The molecule has 2 amide bonds. The summed E-state index contributed by atoms with van der Waals surface area (Å²) in [5.74, 6) is 0.297. The van der Waals surface area contributed by atoms with Gasteiger partial charge in [0.1, 0.15) is 12.1 Å². The van der Waals surface area contributed by atoms with E-state index in [2.05, 4.69) is 20.6 Å². The minimum atomic E-state index is -0.451. The Kier molecular flexibility index (Phi) is 5.30. The van der Waals surface area contributed by atoms with E-state index in [1.165, 1.54) is 0 Å². The molecule has 1 aromatic heterocycles. The van der Waals surface area contributed by atoms with Crippen LogP contribution in [0.2, 0.25) is 0 Å². The highest BCUT2D eigenvalue weighted by atomic mass is 16.2. The van der Waals surface area contributed by atoms with Crippen molar-refractivity contribution < 1.29 is 9.59 Å². The number of carbonyl (C=O) groups excluding carboxylic acids is 2. The van der Waals surface area contributed by atoms with Crippen LogP contribution in [0.5, 0.6) is 0 Å². The van der Waals surface area contributed by atoms with Gasteiger partial charge in [0.2, 0.25) is 17.8 Å². The molecule has 1 aliphatic rings. The molecule has 2 heterocycles. The van der Waals surface area contributed by atoms with E-state index in [4.69, 9.17) is 0 Å². The summed E-state index contributed by atoms with van der Waals surface area (Å²) in [6.45, 7) is 4.53.